The Morgan fingerprint density at radius 3 is 1.40 bits per heavy atom. The highest BCUT2D eigenvalue weighted by molar-refractivity contribution is 5.72. The van der Waals surface area contributed by atoms with E-state index in [1.54, 1.807) is 24.3 Å². The molecule has 0 unspecified atom stereocenters. The van der Waals surface area contributed by atoms with Crippen molar-refractivity contribution in [1.29, 1.82) is 0 Å². The van der Waals surface area contributed by atoms with Crippen molar-refractivity contribution in [2.24, 2.45) is 0 Å². The van der Waals surface area contributed by atoms with E-state index in [4.69, 9.17) is 15.0 Å². The van der Waals surface area contributed by atoms with E-state index in [9.17, 15) is 4.79 Å². The van der Waals surface area contributed by atoms with Crippen LogP contribution in [0.25, 0.3) is 0 Å². The number of hydrogen-bond acceptors (Lipinski definition) is 3. The Bertz CT molecular complexity index is 260. The van der Waals surface area contributed by atoms with Crippen LogP contribution in [0.2, 0.25) is 0 Å². The lowest BCUT2D eigenvalue weighted by molar-refractivity contribution is -0.134. The van der Waals surface area contributed by atoms with Gasteiger partial charge in [-0.3, -0.25) is 4.79 Å². The number of para-hydroxylation sites is 1. The van der Waals surface area contributed by atoms with Gasteiger partial charge in [0, 0.05) is 6.92 Å². The van der Waals surface area contributed by atoms with Gasteiger partial charge in [0.15, 0.2) is 0 Å². The van der Waals surface area contributed by atoms with Crippen molar-refractivity contribution in [3.8, 4) is 5.75 Å². The monoisotopic (exact) mass is 212 g/mol. The molecule has 1 aromatic carbocycles. The molecule has 2 N–H and O–H groups in total. The molecular formula is C11H16O4. The van der Waals surface area contributed by atoms with Gasteiger partial charge >= 0.3 is 0 Å². The number of phenolic OH excluding ortho intramolecular Hbond substituents is 1. The molecule has 0 aliphatic rings. The van der Waals surface area contributed by atoms with Gasteiger partial charge in [0.25, 0.3) is 5.97 Å². The van der Waals surface area contributed by atoms with E-state index in [1.807, 2.05) is 6.07 Å². The lowest BCUT2D eigenvalue weighted by atomic mass is 10.3. The number of aliphatic carboxylic acids is 1. The normalized spacial score (nSPS) is 7.40. The number of hydrogen-bond donors (Lipinski definition) is 2. The first-order chi connectivity index (χ1) is 6.86. The second-order valence-electron chi connectivity index (χ2n) is 2.76. The molecule has 0 aromatic heterocycles. The van der Waals surface area contributed by atoms with E-state index >= 15 is 0 Å². The molecule has 0 bridgehead atoms. The van der Waals surface area contributed by atoms with Crippen LogP contribution >= 0.6 is 0 Å². The molecule has 0 amide bonds. The summed E-state index contributed by atoms with van der Waals surface area (Å²) in [5.74, 6) is -0.345. The lowest BCUT2D eigenvalue weighted by Gasteiger charge is -1.82. The van der Waals surface area contributed by atoms with E-state index in [0.717, 1.165) is 6.92 Å². The van der Waals surface area contributed by atoms with Gasteiger partial charge in [0.05, 0.1) is 0 Å². The summed E-state index contributed by atoms with van der Waals surface area (Å²) in [5.41, 5.74) is 0. The van der Waals surface area contributed by atoms with Crippen LogP contribution in [-0.4, -0.2) is 22.0 Å². The Kier molecular flexibility index (Phi) is 10.7. The molecule has 0 heterocycles. The summed E-state index contributed by atoms with van der Waals surface area (Å²) in [4.78, 5) is 18.4. The van der Waals surface area contributed by atoms with Crippen LogP contribution in [0.5, 0.6) is 5.75 Å². The molecule has 0 radical (unpaired) electrons. The number of carbonyl (C=O) groups excluding carboxylic acids is 1. The van der Waals surface area contributed by atoms with Gasteiger partial charge in [0.2, 0.25) is 0 Å². The van der Waals surface area contributed by atoms with Crippen LogP contribution < -0.4 is 0 Å². The third-order valence-corrected chi connectivity index (χ3v) is 0.756. The Balaban J connectivity index is 0. The quantitative estimate of drug-likeness (QED) is 0.690. The number of ketones is 1. The van der Waals surface area contributed by atoms with E-state index in [2.05, 4.69) is 0 Å². The number of aromatic hydroxyl groups is 1. The molecule has 0 aliphatic carbocycles. The fourth-order valence-electron chi connectivity index (χ4n) is 0.428. The van der Waals surface area contributed by atoms with Gasteiger partial charge in [-0.1, -0.05) is 18.2 Å². The Labute approximate surface area is 89.2 Å². The summed E-state index contributed by atoms with van der Waals surface area (Å²) in [7, 11) is 0. The second kappa shape index (κ2) is 10.2. The summed E-state index contributed by atoms with van der Waals surface area (Å²) >= 11 is 0. The number of phenols is 1. The predicted molar refractivity (Wildman–Crippen MR) is 57.8 cm³/mol. The molecule has 0 atom stereocenters. The summed E-state index contributed by atoms with van der Waals surface area (Å²) < 4.78 is 0. The van der Waals surface area contributed by atoms with E-state index in [0.29, 0.717) is 5.75 Å². The standard InChI is InChI=1S/C6H6O.C3H6O.C2H4O2/c7-6-4-2-1-3-5-6;1-3(2)4;1-2(3)4/h1-5,7H;1-2H3;1H3,(H,3,4). The average Bonchev–Trinajstić information content (AvgIpc) is 2.03. The molecule has 1 rings (SSSR count). The van der Waals surface area contributed by atoms with Crippen LogP contribution in [0.1, 0.15) is 20.8 Å². The van der Waals surface area contributed by atoms with Crippen LogP contribution in [-0.2, 0) is 9.59 Å². The highest BCUT2D eigenvalue weighted by Crippen LogP contribution is 2.02. The molecule has 84 valence electrons. The maximum absolute atomic E-state index is 9.44. The fraction of sp³-hybridized carbons (Fsp3) is 0.273. The maximum atomic E-state index is 9.44. The van der Waals surface area contributed by atoms with Crippen molar-refractivity contribution in [1.82, 2.24) is 0 Å². The van der Waals surface area contributed by atoms with Gasteiger partial charge in [-0.2, -0.15) is 0 Å². The minimum atomic E-state index is -0.833. The van der Waals surface area contributed by atoms with Gasteiger partial charge in [0.1, 0.15) is 11.5 Å². The third kappa shape index (κ3) is 33.1. The molecule has 0 saturated carbocycles. The summed E-state index contributed by atoms with van der Waals surface area (Å²) in [6, 6.07) is 8.71. The number of carboxylic acid groups (broad SMARTS) is 1. The number of benzene rings is 1. The largest absolute Gasteiger partial charge is 0.508 e. The maximum Gasteiger partial charge on any atom is 0.300 e. The van der Waals surface area contributed by atoms with Gasteiger partial charge in [-0.15, -0.1) is 0 Å². The summed E-state index contributed by atoms with van der Waals surface area (Å²) in [6.07, 6.45) is 0. The van der Waals surface area contributed by atoms with E-state index < -0.39 is 5.97 Å². The zero-order valence-electron chi connectivity index (χ0n) is 9.10. The van der Waals surface area contributed by atoms with Gasteiger partial charge in [-0.05, 0) is 26.0 Å². The molecule has 0 aliphatic heterocycles. The Morgan fingerprint density at radius 1 is 1.00 bits per heavy atom. The van der Waals surface area contributed by atoms with Crippen molar-refractivity contribution in [3.05, 3.63) is 30.3 Å². The molecule has 0 fully saturated rings. The number of Topliss-reactive ketones (excluding diaryl/α,β-unsaturated/α-hetero) is 1. The third-order valence-electron chi connectivity index (χ3n) is 0.756. The zero-order chi connectivity index (χ0) is 12.3. The fourth-order valence-corrected chi connectivity index (χ4v) is 0.428. The topological polar surface area (TPSA) is 74.6 Å². The van der Waals surface area contributed by atoms with E-state index in [1.165, 1.54) is 13.8 Å². The first-order valence-electron chi connectivity index (χ1n) is 4.27. The Morgan fingerprint density at radius 2 is 1.27 bits per heavy atom. The SMILES string of the molecule is CC(=O)O.CC(C)=O.Oc1ccccc1. The van der Waals surface area contributed by atoms with Crippen LogP contribution in [0.3, 0.4) is 0 Å². The molecule has 0 spiro atoms. The highest BCUT2D eigenvalue weighted by Gasteiger charge is 1.74. The number of carboxylic acids is 1. The van der Waals surface area contributed by atoms with Gasteiger partial charge < -0.3 is 15.0 Å². The van der Waals surface area contributed by atoms with Crippen LogP contribution in [0, 0.1) is 0 Å². The first kappa shape index (κ1) is 15.6. The molecule has 4 nitrogen and oxygen atoms in total. The van der Waals surface area contributed by atoms with Crippen molar-refractivity contribution in [3.63, 3.8) is 0 Å². The summed E-state index contributed by atoms with van der Waals surface area (Å²) in [5, 5.41) is 16.0. The summed E-state index contributed by atoms with van der Waals surface area (Å²) in [6.45, 7) is 4.14. The average molecular weight is 212 g/mol. The van der Waals surface area contributed by atoms with E-state index in [-0.39, 0.29) is 5.78 Å². The van der Waals surface area contributed by atoms with Crippen LogP contribution in [0.15, 0.2) is 30.3 Å². The molecule has 0 saturated heterocycles. The minimum absolute atomic E-state index is 0.167. The van der Waals surface area contributed by atoms with Crippen LogP contribution in [0.4, 0.5) is 0 Å². The smallest absolute Gasteiger partial charge is 0.300 e. The molecule has 4 heteroatoms. The van der Waals surface area contributed by atoms with Crippen molar-refractivity contribution in [2.45, 2.75) is 20.8 Å². The molecular weight excluding hydrogens is 196 g/mol. The molecule has 1 aromatic rings. The second-order valence-corrected chi connectivity index (χ2v) is 2.76. The number of rotatable bonds is 0. The Hall–Kier alpha value is -1.84. The lowest BCUT2D eigenvalue weighted by Crippen LogP contribution is -1.78. The number of carbonyl (C=O) groups is 2. The zero-order valence-corrected chi connectivity index (χ0v) is 9.10. The van der Waals surface area contributed by atoms with Crippen molar-refractivity contribution in [2.75, 3.05) is 0 Å². The van der Waals surface area contributed by atoms with Crippen molar-refractivity contribution >= 4 is 11.8 Å². The molecule has 15 heavy (non-hydrogen) atoms. The van der Waals surface area contributed by atoms with Crippen molar-refractivity contribution < 1.29 is 19.8 Å². The van der Waals surface area contributed by atoms with Gasteiger partial charge in [-0.25, -0.2) is 0 Å². The minimum Gasteiger partial charge on any atom is -0.508 e. The highest BCUT2D eigenvalue weighted by atomic mass is 16.4. The first-order valence-corrected chi connectivity index (χ1v) is 4.27. The predicted octanol–water partition coefficient (Wildman–Crippen LogP) is 2.08.